The summed E-state index contributed by atoms with van der Waals surface area (Å²) in [7, 11) is 0. The Kier molecular flexibility index (Phi) is 4.75. The molecule has 0 saturated carbocycles. The van der Waals surface area contributed by atoms with Crippen LogP contribution < -0.4 is 10.6 Å². The molecule has 1 heterocycles. The Bertz CT molecular complexity index is 904. The summed E-state index contributed by atoms with van der Waals surface area (Å²) in [4.78, 5) is 20.2. The summed E-state index contributed by atoms with van der Waals surface area (Å²) in [6.45, 7) is 5.46. The van der Waals surface area contributed by atoms with Crippen LogP contribution in [0.2, 0.25) is 0 Å². The number of nitrogens with one attached hydrogen (secondary N) is 2. The number of benzene rings is 2. The van der Waals surface area contributed by atoms with Crippen molar-refractivity contribution in [1.29, 1.82) is 0 Å². The van der Waals surface area contributed by atoms with E-state index in [0.29, 0.717) is 17.2 Å². The molecule has 3 rings (SSSR count). The SMILES string of the molecule is CC(=O)c1ccc(Nc2cc(Nc3ccccc3C)nc(C)n2)cc1. The summed E-state index contributed by atoms with van der Waals surface area (Å²) < 4.78 is 0. The van der Waals surface area contributed by atoms with Crippen molar-refractivity contribution in [2.45, 2.75) is 20.8 Å². The number of carbonyl (C=O) groups is 1. The molecule has 0 bridgehead atoms. The quantitative estimate of drug-likeness (QED) is 0.658. The van der Waals surface area contributed by atoms with E-state index in [9.17, 15) is 4.79 Å². The molecule has 0 aliphatic heterocycles. The van der Waals surface area contributed by atoms with Crippen molar-refractivity contribution in [3.8, 4) is 0 Å². The lowest BCUT2D eigenvalue weighted by molar-refractivity contribution is 0.101. The fourth-order valence-electron chi connectivity index (χ4n) is 2.48. The van der Waals surface area contributed by atoms with E-state index in [1.165, 1.54) is 0 Å². The number of carbonyl (C=O) groups excluding carboxylic acids is 1. The molecule has 0 amide bonds. The summed E-state index contributed by atoms with van der Waals surface area (Å²) in [5, 5.41) is 6.58. The number of nitrogens with zero attached hydrogens (tertiary/aromatic N) is 2. The number of hydrogen-bond donors (Lipinski definition) is 2. The van der Waals surface area contributed by atoms with Gasteiger partial charge < -0.3 is 10.6 Å². The van der Waals surface area contributed by atoms with Crippen molar-refractivity contribution in [1.82, 2.24) is 9.97 Å². The Morgan fingerprint density at radius 1 is 0.880 bits per heavy atom. The van der Waals surface area contributed by atoms with Crippen LogP contribution in [0, 0.1) is 13.8 Å². The highest BCUT2D eigenvalue weighted by Gasteiger charge is 2.05. The largest absolute Gasteiger partial charge is 0.340 e. The molecule has 0 atom stereocenters. The molecule has 5 nitrogen and oxygen atoms in total. The molecule has 5 heteroatoms. The van der Waals surface area contributed by atoms with Crippen LogP contribution in [0.1, 0.15) is 28.7 Å². The first-order valence-corrected chi connectivity index (χ1v) is 8.07. The molecule has 0 spiro atoms. The van der Waals surface area contributed by atoms with Crippen LogP contribution in [0.3, 0.4) is 0 Å². The zero-order valence-electron chi connectivity index (χ0n) is 14.5. The molecular weight excluding hydrogens is 312 g/mol. The van der Waals surface area contributed by atoms with Gasteiger partial charge in [-0.1, -0.05) is 18.2 Å². The van der Waals surface area contributed by atoms with Gasteiger partial charge in [-0.05, 0) is 56.7 Å². The van der Waals surface area contributed by atoms with Crippen molar-refractivity contribution in [2.24, 2.45) is 0 Å². The van der Waals surface area contributed by atoms with Gasteiger partial charge in [0.25, 0.3) is 0 Å². The number of ketones is 1. The minimum absolute atomic E-state index is 0.0501. The molecule has 25 heavy (non-hydrogen) atoms. The smallest absolute Gasteiger partial charge is 0.159 e. The lowest BCUT2D eigenvalue weighted by Crippen LogP contribution is -2.02. The molecule has 2 aromatic carbocycles. The van der Waals surface area contributed by atoms with Crippen LogP contribution >= 0.6 is 0 Å². The minimum Gasteiger partial charge on any atom is -0.340 e. The van der Waals surface area contributed by atoms with E-state index in [-0.39, 0.29) is 5.78 Å². The maximum atomic E-state index is 11.4. The number of Topliss-reactive ketones (excluding diaryl/α,β-unsaturated/α-hetero) is 1. The van der Waals surface area contributed by atoms with Gasteiger partial charge in [0.2, 0.25) is 0 Å². The molecule has 0 fully saturated rings. The molecule has 1 aromatic heterocycles. The maximum absolute atomic E-state index is 11.4. The molecule has 3 aromatic rings. The maximum Gasteiger partial charge on any atom is 0.159 e. The van der Waals surface area contributed by atoms with E-state index in [0.717, 1.165) is 22.8 Å². The molecule has 0 unspecified atom stereocenters. The zero-order valence-corrected chi connectivity index (χ0v) is 14.5. The van der Waals surface area contributed by atoms with E-state index < -0.39 is 0 Å². The number of aromatic nitrogens is 2. The van der Waals surface area contributed by atoms with Crippen molar-refractivity contribution >= 4 is 28.8 Å². The van der Waals surface area contributed by atoms with Gasteiger partial charge in [-0.3, -0.25) is 4.79 Å². The second kappa shape index (κ2) is 7.13. The van der Waals surface area contributed by atoms with Crippen LogP contribution in [0.5, 0.6) is 0 Å². The summed E-state index contributed by atoms with van der Waals surface area (Å²) in [6, 6.07) is 17.2. The number of hydrogen-bond acceptors (Lipinski definition) is 5. The standard InChI is InChI=1S/C20H20N4O/c1-13-6-4-5-7-18(13)24-20-12-19(21-15(3)22-20)23-17-10-8-16(9-11-17)14(2)25/h4-12H,1-3H3,(H2,21,22,23,24). The molecular formula is C20H20N4O. The zero-order chi connectivity index (χ0) is 17.8. The second-order valence-corrected chi connectivity index (χ2v) is 5.88. The number of para-hydroxylation sites is 1. The summed E-state index contributed by atoms with van der Waals surface area (Å²) in [5.41, 5.74) is 3.71. The molecule has 0 aliphatic rings. The fraction of sp³-hybridized carbons (Fsp3) is 0.150. The minimum atomic E-state index is 0.0501. The van der Waals surface area contributed by atoms with Gasteiger partial charge in [0.05, 0.1) is 0 Å². The third kappa shape index (κ3) is 4.20. The third-order valence-electron chi connectivity index (χ3n) is 3.81. The first-order chi connectivity index (χ1) is 12.0. The number of rotatable bonds is 5. The van der Waals surface area contributed by atoms with Crippen molar-refractivity contribution < 1.29 is 4.79 Å². The Hall–Kier alpha value is -3.21. The Balaban J connectivity index is 1.81. The van der Waals surface area contributed by atoms with Gasteiger partial charge in [-0.15, -0.1) is 0 Å². The fourth-order valence-corrected chi connectivity index (χ4v) is 2.48. The Morgan fingerprint density at radius 3 is 2.16 bits per heavy atom. The van der Waals surface area contributed by atoms with Crippen LogP contribution in [0.4, 0.5) is 23.0 Å². The van der Waals surface area contributed by atoms with Gasteiger partial charge in [0.1, 0.15) is 17.5 Å². The highest BCUT2D eigenvalue weighted by atomic mass is 16.1. The van der Waals surface area contributed by atoms with Gasteiger partial charge >= 0.3 is 0 Å². The van der Waals surface area contributed by atoms with Gasteiger partial charge in [-0.25, -0.2) is 9.97 Å². The topological polar surface area (TPSA) is 66.9 Å². The lowest BCUT2D eigenvalue weighted by Gasteiger charge is -2.12. The van der Waals surface area contributed by atoms with Crippen LogP contribution in [-0.2, 0) is 0 Å². The average Bonchev–Trinajstić information content (AvgIpc) is 2.57. The predicted octanol–water partition coefficient (Wildman–Crippen LogP) is 4.78. The molecule has 0 radical (unpaired) electrons. The van der Waals surface area contributed by atoms with Crippen molar-refractivity contribution in [3.05, 3.63) is 71.5 Å². The third-order valence-corrected chi connectivity index (χ3v) is 3.81. The molecule has 2 N–H and O–H groups in total. The van der Waals surface area contributed by atoms with Crippen LogP contribution in [-0.4, -0.2) is 15.8 Å². The molecule has 0 aliphatic carbocycles. The van der Waals surface area contributed by atoms with Crippen molar-refractivity contribution in [3.63, 3.8) is 0 Å². The first kappa shape index (κ1) is 16.6. The summed E-state index contributed by atoms with van der Waals surface area (Å²) in [6.07, 6.45) is 0. The monoisotopic (exact) mass is 332 g/mol. The second-order valence-electron chi connectivity index (χ2n) is 5.88. The van der Waals surface area contributed by atoms with Gasteiger partial charge in [0.15, 0.2) is 5.78 Å². The number of anilines is 4. The highest BCUT2D eigenvalue weighted by Crippen LogP contribution is 2.22. The molecule has 126 valence electrons. The van der Waals surface area contributed by atoms with E-state index in [2.05, 4.69) is 20.6 Å². The van der Waals surface area contributed by atoms with E-state index in [1.807, 2.05) is 56.3 Å². The van der Waals surface area contributed by atoms with E-state index in [1.54, 1.807) is 19.1 Å². The van der Waals surface area contributed by atoms with Crippen LogP contribution in [0.15, 0.2) is 54.6 Å². The average molecular weight is 332 g/mol. The predicted molar refractivity (Wildman–Crippen MR) is 101 cm³/mol. The van der Waals surface area contributed by atoms with Gasteiger partial charge in [-0.2, -0.15) is 0 Å². The summed E-state index contributed by atoms with van der Waals surface area (Å²) in [5.74, 6) is 2.14. The van der Waals surface area contributed by atoms with Crippen molar-refractivity contribution in [2.75, 3.05) is 10.6 Å². The lowest BCUT2D eigenvalue weighted by atomic mass is 10.1. The van der Waals surface area contributed by atoms with E-state index in [4.69, 9.17) is 0 Å². The Labute approximate surface area is 147 Å². The van der Waals surface area contributed by atoms with Crippen LogP contribution in [0.25, 0.3) is 0 Å². The Morgan fingerprint density at radius 2 is 1.52 bits per heavy atom. The van der Waals surface area contributed by atoms with E-state index >= 15 is 0 Å². The van der Waals surface area contributed by atoms with Gasteiger partial charge in [0, 0.05) is 23.0 Å². The number of aryl methyl sites for hydroxylation is 2. The first-order valence-electron chi connectivity index (χ1n) is 8.07. The normalized spacial score (nSPS) is 10.4. The molecule has 0 saturated heterocycles. The summed E-state index contributed by atoms with van der Waals surface area (Å²) >= 11 is 0. The highest BCUT2D eigenvalue weighted by molar-refractivity contribution is 5.94.